The van der Waals surface area contributed by atoms with Crippen LogP contribution in [0.4, 0.5) is 0 Å². The van der Waals surface area contributed by atoms with Crippen LogP contribution < -0.4 is 15.4 Å². The van der Waals surface area contributed by atoms with Crippen molar-refractivity contribution in [3.63, 3.8) is 0 Å². The average Bonchev–Trinajstić information content (AvgIpc) is 2.91. The SMILES string of the molecule is CCOC(=O)CCc1cc(OC2=C([N+](=O)[O-])C(C(=O)OCC)=NC(SC)N2OC)cc(C2NC=CCN2)c1. The maximum absolute atomic E-state index is 12.6. The van der Waals surface area contributed by atoms with Gasteiger partial charge in [0, 0.05) is 13.0 Å². The summed E-state index contributed by atoms with van der Waals surface area (Å²) < 4.78 is 16.2. The summed E-state index contributed by atoms with van der Waals surface area (Å²) in [5.41, 5.74) is -0.497. The third kappa shape index (κ3) is 7.02. The van der Waals surface area contributed by atoms with E-state index in [9.17, 15) is 19.7 Å². The summed E-state index contributed by atoms with van der Waals surface area (Å²) in [6.07, 6.45) is 5.67. The zero-order valence-corrected chi connectivity index (χ0v) is 22.4. The molecule has 0 bridgehead atoms. The van der Waals surface area contributed by atoms with Crippen LogP contribution in [0.15, 0.2) is 47.0 Å². The molecule has 14 heteroatoms. The topological polar surface area (TPSA) is 154 Å². The van der Waals surface area contributed by atoms with Crippen LogP contribution in [-0.4, -0.2) is 66.3 Å². The minimum atomic E-state index is -0.943. The summed E-state index contributed by atoms with van der Waals surface area (Å²) in [6, 6.07) is 5.29. The van der Waals surface area contributed by atoms with Gasteiger partial charge in [0.1, 0.15) is 11.9 Å². The maximum atomic E-state index is 12.6. The second kappa shape index (κ2) is 13.8. The monoisotopic (exact) mass is 549 g/mol. The molecule has 38 heavy (non-hydrogen) atoms. The molecule has 0 saturated carbocycles. The Bertz CT molecular complexity index is 1140. The maximum Gasteiger partial charge on any atom is 0.364 e. The van der Waals surface area contributed by atoms with Crippen molar-refractivity contribution in [2.24, 2.45) is 4.99 Å². The van der Waals surface area contributed by atoms with Gasteiger partial charge in [-0.2, -0.15) is 5.06 Å². The number of carbonyl (C=O) groups is 2. The molecule has 0 amide bonds. The Morgan fingerprint density at radius 2 is 2.00 bits per heavy atom. The van der Waals surface area contributed by atoms with E-state index in [1.807, 2.05) is 18.3 Å². The van der Waals surface area contributed by atoms with E-state index in [-0.39, 0.29) is 43.4 Å². The van der Waals surface area contributed by atoms with Crippen LogP contribution in [0, 0.1) is 10.1 Å². The van der Waals surface area contributed by atoms with Crippen molar-refractivity contribution in [1.29, 1.82) is 0 Å². The van der Waals surface area contributed by atoms with Gasteiger partial charge in [0.2, 0.25) is 5.71 Å². The number of esters is 2. The number of hydrogen-bond acceptors (Lipinski definition) is 13. The summed E-state index contributed by atoms with van der Waals surface area (Å²) >= 11 is 1.18. The first-order valence-corrected chi connectivity index (χ1v) is 13.2. The van der Waals surface area contributed by atoms with Crippen LogP contribution in [-0.2, 0) is 30.3 Å². The number of benzene rings is 1. The molecule has 0 fully saturated rings. The summed E-state index contributed by atoms with van der Waals surface area (Å²) in [7, 11) is 1.32. The normalized spacial score (nSPS) is 18.9. The molecule has 1 aromatic carbocycles. The molecule has 0 spiro atoms. The third-order valence-electron chi connectivity index (χ3n) is 5.41. The van der Waals surface area contributed by atoms with Crippen molar-refractivity contribution in [1.82, 2.24) is 15.7 Å². The lowest BCUT2D eigenvalue weighted by molar-refractivity contribution is -0.421. The molecule has 2 atom stereocenters. The van der Waals surface area contributed by atoms with Crippen LogP contribution in [0.1, 0.15) is 37.6 Å². The molecule has 3 rings (SSSR count). The number of aliphatic imine (C=N–C) groups is 1. The summed E-state index contributed by atoms with van der Waals surface area (Å²) in [5, 5.41) is 19.8. The highest BCUT2D eigenvalue weighted by molar-refractivity contribution is 7.99. The molecular formula is C24H31N5O8S. The first-order chi connectivity index (χ1) is 18.3. The minimum Gasteiger partial charge on any atom is -0.466 e. The quantitative estimate of drug-likeness (QED) is 0.223. The number of thioether (sulfide) groups is 1. The van der Waals surface area contributed by atoms with Gasteiger partial charge < -0.3 is 19.5 Å². The average molecular weight is 550 g/mol. The van der Waals surface area contributed by atoms with Crippen LogP contribution in [0.3, 0.4) is 0 Å². The Kier molecular flexibility index (Phi) is 10.5. The molecule has 2 N–H and O–H groups in total. The van der Waals surface area contributed by atoms with Crippen LogP contribution in [0.25, 0.3) is 0 Å². The van der Waals surface area contributed by atoms with Crippen molar-refractivity contribution in [3.05, 3.63) is 63.3 Å². The van der Waals surface area contributed by atoms with E-state index in [4.69, 9.17) is 19.0 Å². The highest BCUT2D eigenvalue weighted by Crippen LogP contribution is 2.32. The Balaban J connectivity index is 2.07. The number of nitrogens with one attached hydrogen (secondary N) is 2. The van der Waals surface area contributed by atoms with Gasteiger partial charge in [-0.1, -0.05) is 12.1 Å². The van der Waals surface area contributed by atoms with Gasteiger partial charge in [0.25, 0.3) is 0 Å². The summed E-state index contributed by atoms with van der Waals surface area (Å²) in [4.78, 5) is 45.6. The van der Waals surface area contributed by atoms with E-state index in [1.54, 1.807) is 32.2 Å². The summed E-state index contributed by atoms with van der Waals surface area (Å²) in [5.74, 6) is -1.37. The molecule has 2 unspecified atom stereocenters. The highest BCUT2D eigenvalue weighted by Gasteiger charge is 2.44. The van der Waals surface area contributed by atoms with Crippen molar-refractivity contribution < 1.29 is 33.6 Å². The summed E-state index contributed by atoms with van der Waals surface area (Å²) in [6.45, 7) is 4.25. The molecule has 2 aliphatic heterocycles. The fourth-order valence-corrected chi connectivity index (χ4v) is 4.37. The smallest absolute Gasteiger partial charge is 0.364 e. The minimum absolute atomic E-state index is 0.0126. The van der Waals surface area contributed by atoms with E-state index >= 15 is 0 Å². The van der Waals surface area contributed by atoms with Gasteiger partial charge in [-0.05, 0) is 56.0 Å². The zero-order chi connectivity index (χ0) is 27.7. The highest BCUT2D eigenvalue weighted by atomic mass is 32.2. The van der Waals surface area contributed by atoms with Crippen molar-refractivity contribution in [2.45, 2.75) is 38.4 Å². The molecule has 1 aromatic rings. The molecule has 2 heterocycles. The van der Waals surface area contributed by atoms with Gasteiger partial charge in [0.15, 0.2) is 5.50 Å². The predicted molar refractivity (Wildman–Crippen MR) is 139 cm³/mol. The second-order valence-corrected chi connectivity index (χ2v) is 8.80. The van der Waals surface area contributed by atoms with Crippen molar-refractivity contribution >= 4 is 29.4 Å². The van der Waals surface area contributed by atoms with E-state index < -0.39 is 27.8 Å². The largest absolute Gasteiger partial charge is 0.466 e. The van der Waals surface area contributed by atoms with Crippen LogP contribution in [0.5, 0.6) is 5.75 Å². The van der Waals surface area contributed by atoms with Gasteiger partial charge in [-0.3, -0.25) is 25.1 Å². The van der Waals surface area contributed by atoms with E-state index in [0.29, 0.717) is 13.0 Å². The van der Waals surface area contributed by atoms with Gasteiger partial charge in [-0.25, -0.2) is 9.79 Å². The number of aryl methyl sites for hydroxylation is 1. The zero-order valence-electron chi connectivity index (χ0n) is 21.6. The Morgan fingerprint density at radius 3 is 2.61 bits per heavy atom. The Labute approximate surface area is 224 Å². The Morgan fingerprint density at radius 1 is 1.24 bits per heavy atom. The molecule has 0 aliphatic carbocycles. The van der Waals surface area contributed by atoms with Crippen LogP contribution >= 0.6 is 11.8 Å². The molecule has 2 aliphatic rings. The van der Waals surface area contributed by atoms with Gasteiger partial charge in [0.05, 0.1) is 25.2 Å². The fraction of sp³-hybridized carbons (Fsp3) is 0.458. The molecular weight excluding hydrogens is 518 g/mol. The number of rotatable bonds is 12. The van der Waals surface area contributed by atoms with Crippen molar-refractivity contribution in [2.75, 3.05) is 33.1 Å². The lowest BCUT2D eigenvalue weighted by Gasteiger charge is -2.31. The molecule has 0 saturated heterocycles. The van der Waals surface area contributed by atoms with Crippen molar-refractivity contribution in [3.8, 4) is 5.75 Å². The van der Waals surface area contributed by atoms with E-state index in [1.165, 1.54) is 18.9 Å². The number of nitrogens with zero attached hydrogens (tertiary/aromatic N) is 3. The fourth-order valence-electron chi connectivity index (χ4n) is 3.79. The standard InChI is InChI=1S/C24H31N5O8S/c1-5-35-18(30)9-8-15-12-16(21-25-10-7-11-26-21)14-17(13-15)37-22-20(29(32)33)19(23(31)36-6-2)27-24(38-4)28(22)34-3/h7,10,12-14,21,24-26H,5-6,8-9,11H2,1-4H3. The van der Waals surface area contributed by atoms with E-state index in [0.717, 1.165) is 16.2 Å². The lowest BCUT2D eigenvalue weighted by atomic mass is 10.0. The van der Waals surface area contributed by atoms with E-state index in [2.05, 4.69) is 15.6 Å². The number of nitro groups is 1. The third-order valence-corrected chi connectivity index (χ3v) is 6.12. The lowest BCUT2D eigenvalue weighted by Crippen LogP contribution is -2.42. The first-order valence-electron chi connectivity index (χ1n) is 11.9. The second-order valence-electron chi connectivity index (χ2n) is 7.91. The number of ether oxygens (including phenoxy) is 3. The molecule has 0 radical (unpaired) electrons. The number of carbonyl (C=O) groups excluding carboxylic acids is 2. The van der Waals surface area contributed by atoms with Gasteiger partial charge >= 0.3 is 23.5 Å². The van der Waals surface area contributed by atoms with Gasteiger partial charge in [-0.15, -0.1) is 11.8 Å². The Hall–Kier alpha value is -3.62. The molecule has 0 aromatic heterocycles. The molecule has 13 nitrogen and oxygen atoms in total. The molecule has 206 valence electrons. The first kappa shape index (κ1) is 28.9. The van der Waals surface area contributed by atoms with Crippen LogP contribution in [0.2, 0.25) is 0 Å². The number of hydrogen-bond donors (Lipinski definition) is 2. The number of hydroxylamine groups is 2. The predicted octanol–water partition coefficient (Wildman–Crippen LogP) is 2.24.